The molecule has 0 saturated heterocycles. The van der Waals surface area contributed by atoms with Crippen molar-refractivity contribution >= 4 is 29.1 Å². The summed E-state index contributed by atoms with van der Waals surface area (Å²) in [5, 5.41) is 0.516. The Morgan fingerprint density at radius 2 is 1.81 bits per heavy atom. The molecule has 0 amide bonds. The number of fused-ring (bicyclic) bond motifs is 1. The van der Waals surface area contributed by atoms with Gasteiger partial charge in [0.2, 0.25) is 0 Å². The summed E-state index contributed by atoms with van der Waals surface area (Å²) in [5.41, 5.74) is -0.456. The smallest absolute Gasteiger partial charge is 0.419 e. The lowest BCUT2D eigenvalue weighted by Gasteiger charge is -2.15. The molecule has 0 unspecified atom stereocenters. The molecule has 37 heavy (non-hydrogen) atoms. The molecule has 0 aliphatic carbocycles. The third kappa shape index (κ3) is 5.46. The minimum Gasteiger partial charge on any atom is -0.429 e. The average Bonchev–Trinajstić information content (AvgIpc) is 3.22. The SMILES string of the molecule is C=CC(F)(F)Oc1cccc(Oc2nc3c(c(=O)n(CCC=O)c(=O)n3C)n2Cc2ccc(Cl)cc2)c1. The molecule has 0 atom stereocenters. The van der Waals surface area contributed by atoms with Gasteiger partial charge in [-0.1, -0.05) is 36.4 Å². The van der Waals surface area contributed by atoms with Crippen LogP contribution in [0.3, 0.4) is 0 Å². The van der Waals surface area contributed by atoms with Crippen molar-refractivity contribution in [2.45, 2.75) is 25.6 Å². The van der Waals surface area contributed by atoms with E-state index in [4.69, 9.17) is 16.3 Å². The van der Waals surface area contributed by atoms with Crippen molar-refractivity contribution in [3.8, 4) is 17.5 Å². The molecular formula is C25H21ClF2N4O5. The summed E-state index contributed by atoms with van der Waals surface area (Å²) in [5.74, 6) is -0.0947. The van der Waals surface area contributed by atoms with E-state index in [1.807, 2.05) is 0 Å². The molecule has 9 nitrogen and oxygen atoms in total. The van der Waals surface area contributed by atoms with Crippen LogP contribution in [0.2, 0.25) is 5.02 Å². The molecular weight excluding hydrogens is 510 g/mol. The first-order chi connectivity index (χ1) is 17.6. The minimum atomic E-state index is -3.59. The molecule has 2 heterocycles. The Kier molecular flexibility index (Phi) is 7.25. The summed E-state index contributed by atoms with van der Waals surface area (Å²) >= 11 is 6.00. The Bertz CT molecular complexity index is 1590. The number of carbonyl (C=O) groups is 1. The molecule has 0 N–H and O–H groups in total. The van der Waals surface area contributed by atoms with Crippen LogP contribution in [-0.2, 0) is 24.9 Å². The molecule has 0 radical (unpaired) electrons. The van der Waals surface area contributed by atoms with Crippen LogP contribution in [0.5, 0.6) is 17.5 Å². The van der Waals surface area contributed by atoms with E-state index in [0.29, 0.717) is 17.4 Å². The van der Waals surface area contributed by atoms with Crippen molar-refractivity contribution in [1.82, 2.24) is 18.7 Å². The normalized spacial score (nSPS) is 11.5. The van der Waals surface area contributed by atoms with E-state index in [2.05, 4.69) is 16.3 Å². The molecule has 0 fully saturated rings. The van der Waals surface area contributed by atoms with Gasteiger partial charge in [-0.25, -0.2) is 4.79 Å². The van der Waals surface area contributed by atoms with Gasteiger partial charge in [0.15, 0.2) is 11.2 Å². The maximum atomic E-state index is 13.6. The van der Waals surface area contributed by atoms with Crippen molar-refractivity contribution in [2.24, 2.45) is 7.05 Å². The van der Waals surface area contributed by atoms with E-state index in [0.717, 1.165) is 10.1 Å². The molecule has 192 valence electrons. The Hall–Kier alpha value is -4.25. The second kappa shape index (κ2) is 10.4. The molecule has 2 aromatic carbocycles. The largest absolute Gasteiger partial charge is 0.429 e. The summed E-state index contributed by atoms with van der Waals surface area (Å²) in [4.78, 5) is 41.4. The number of hydrogen-bond donors (Lipinski definition) is 0. The van der Waals surface area contributed by atoms with Gasteiger partial charge in [0.25, 0.3) is 5.56 Å². The number of ether oxygens (including phenoxy) is 2. The van der Waals surface area contributed by atoms with Crippen LogP contribution in [0, 0.1) is 0 Å². The lowest BCUT2D eigenvalue weighted by atomic mass is 10.2. The van der Waals surface area contributed by atoms with Gasteiger partial charge in [-0.05, 0) is 29.8 Å². The first-order valence-electron chi connectivity index (χ1n) is 11.0. The summed E-state index contributed by atoms with van der Waals surface area (Å²) < 4.78 is 41.4. The number of benzene rings is 2. The number of nitrogens with zero attached hydrogens (tertiary/aromatic N) is 4. The van der Waals surface area contributed by atoms with Crippen LogP contribution in [-0.4, -0.2) is 31.1 Å². The number of rotatable bonds is 10. The number of imidazole rings is 1. The topological polar surface area (TPSA) is 97.4 Å². The predicted molar refractivity (Wildman–Crippen MR) is 133 cm³/mol. The number of hydrogen-bond acceptors (Lipinski definition) is 6. The van der Waals surface area contributed by atoms with Crippen LogP contribution in [0.1, 0.15) is 12.0 Å². The van der Waals surface area contributed by atoms with Crippen LogP contribution >= 0.6 is 11.6 Å². The Morgan fingerprint density at radius 1 is 1.11 bits per heavy atom. The standard InChI is InChI=1S/C25H21ClF2N4O5/c1-3-25(27,28)37-19-7-4-6-18(14-19)36-23-29-21-20(32(23)15-16-8-10-17(26)11-9-16)22(34)31(12-5-13-33)24(35)30(21)2/h3-4,6-11,13-14H,1,5,12,15H2,2H3. The number of alkyl halides is 2. The highest BCUT2D eigenvalue weighted by Gasteiger charge is 2.27. The van der Waals surface area contributed by atoms with Gasteiger partial charge < -0.3 is 14.3 Å². The molecule has 4 aromatic rings. The zero-order chi connectivity index (χ0) is 26.7. The second-order valence-electron chi connectivity index (χ2n) is 7.98. The van der Waals surface area contributed by atoms with Crippen LogP contribution in [0.15, 0.2) is 70.8 Å². The van der Waals surface area contributed by atoms with E-state index in [-0.39, 0.29) is 48.2 Å². The Balaban J connectivity index is 1.86. The van der Waals surface area contributed by atoms with Gasteiger partial charge in [0, 0.05) is 37.2 Å². The fourth-order valence-corrected chi connectivity index (χ4v) is 3.76. The van der Waals surface area contributed by atoms with Crippen molar-refractivity contribution in [1.29, 1.82) is 0 Å². The van der Waals surface area contributed by atoms with Crippen molar-refractivity contribution in [2.75, 3.05) is 0 Å². The van der Waals surface area contributed by atoms with E-state index in [1.54, 1.807) is 24.3 Å². The lowest BCUT2D eigenvalue weighted by Crippen LogP contribution is -2.39. The molecule has 0 spiro atoms. The van der Waals surface area contributed by atoms with Crippen molar-refractivity contribution in [3.05, 3.63) is 92.6 Å². The number of carbonyl (C=O) groups excluding carboxylic acids is 1. The Morgan fingerprint density at radius 3 is 2.49 bits per heavy atom. The summed E-state index contributed by atoms with van der Waals surface area (Å²) in [6.07, 6.45) is -2.65. The first-order valence-corrected chi connectivity index (χ1v) is 11.4. The highest BCUT2D eigenvalue weighted by atomic mass is 35.5. The highest BCUT2D eigenvalue weighted by molar-refractivity contribution is 6.30. The highest BCUT2D eigenvalue weighted by Crippen LogP contribution is 2.30. The number of aromatic nitrogens is 4. The quantitative estimate of drug-likeness (QED) is 0.226. The second-order valence-corrected chi connectivity index (χ2v) is 8.41. The van der Waals surface area contributed by atoms with Gasteiger partial charge >= 0.3 is 17.8 Å². The Labute approximate surface area is 213 Å². The summed E-state index contributed by atoms with van der Waals surface area (Å²) in [6, 6.07) is 12.3. The van der Waals surface area contributed by atoms with E-state index in [9.17, 15) is 23.2 Å². The van der Waals surface area contributed by atoms with Crippen molar-refractivity contribution < 1.29 is 23.0 Å². The van der Waals surface area contributed by atoms with Gasteiger partial charge in [-0.2, -0.15) is 13.8 Å². The number of aldehydes is 1. The fourth-order valence-electron chi connectivity index (χ4n) is 3.63. The third-order valence-corrected chi connectivity index (χ3v) is 5.68. The molecule has 0 bridgehead atoms. The maximum absolute atomic E-state index is 13.6. The fraction of sp³-hybridized carbons (Fsp3) is 0.200. The van der Waals surface area contributed by atoms with Gasteiger partial charge in [-0.3, -0.25) is 18.5 Å². The average molecular weight is 531 g/mol. The summed E-state index contributed by atoms with van der Waals surface area (Å²) in [7, 11) is 1.44. The maximum Gasteiger partial charge on any atom is 0.419 e. The zero-order valence-corrected chi connectivity index (χ0v) is 20.3. The molecule has 0 aliphatic heterocycles. The third-order valence-electron chi connectivity index (χ3n) is 5.43. The van der Waals surface area contributed by atoms with Crippen LogP contribution in [0.25, 0.3) is 11.2 Å². The minimum absolute atomic E-state index is 0.0303. The number of halogens is 3. The van der Waals surface area contributed by atoms with Gasteiger partial charge in [0.1, 0.15) is 17.8 Å². The van der Waals surface area contributed by atoms with E-state index >= 15 is 0 Å². The van der Waals surface area contributed by atoms with Crippen LogP contribution in [0.4, 0.5) is 8.78 Å². The van der Waals surface area contributed by atoms with E-state index < -0.39 is 17.4 Å². The predicted octanol–water partition coefficient (Wildman–Crippen LogP) is 4.14. The molecule has 0 aliphatic rings. The lowest BCUT2D eigenvalue weighted by molar-refractivity contribution is -0.131. The first kappa shape index (κ1) is 25.8. The van der Waals surface area contributed by atoms with Crippen LogP contribution < -0.4 is 20.7 Å². The zero-order valence-electron chi connectivity index (χ0n) is 19.6. The van der Waals surface area contributed by atoms with Gasteiger partial charge in [0.05, 0.1) is 6.54 Å². The molecule has 2 aromatic heterocycles. The van der Waals surface area contributed by atoms with Crippen molar-refractivity contribution in [3.63, 3.8) is 0 Å². The molecule has 4 rings (SSSR count). The molecule has 0 saturated carbocycles. The molecule has 12 heteroatoms. The van der Waals surface area contributed by atoms with E-state index in [1.165, 1.54) is 40.4 Å². The number of aryl methyl sites for hydroxylation is 1. The van der Waals surface area contributed by atoms with Gasteiger partial charge in [-0.15, -0.1) is 0 Å². The summed E-state index contributed by atoms with van der Waals surface area (Å²) in [6.45, 7) is 3.04. The monoisotopic (exact) mass is 530 g/mol.